The van der Waals surface area contributed by atoms with Gasteiger partial charge in [0, 0.05) is 13.1 Å². The van der Waals surface area contributed by atoms with Crippen molar-refractivity contribution in [3.63, 3.8) is 0 Å². The van der Waals surface area contributed by atoms with Crippen molar-refractivity contribution in [3.05, 3.63) is 82.9 Å². The fourth-order valence-corrected chi connectivity index (χ4v) is 7.68. The first kappa shape index (κ1) is 27.2. The van der Waals surface area contributed by atoms with E-state index in [9.17, 15) is 22.7 Å². The second-order valence-corrected chi connectivity index (χ2v) is 12.5. The fourth-order valence-electron chi connectivity index (χ4n) is 5.93. The molecule has 1 aromatic heterocycles. The number of rotatable bonds is 8. The number of halogens is 1. The zero-order valence-electron chi connectivity index (χ0n) is 22.2. The van der Waals surface area contributed by atoms with E-state index in [0.29, 0.717) is 6.42 Å². The van der Waals surface area contributed by atoms with Crippen molar-refractivity contribution < 1.29 is 27.4 Å². The Morgan fingerprint density at radius 2 is 1.97 bits per heavy atom. The third-order valence-corrected chi connectivity index (χ3v) is 9.91. The summed E-state index contributed by atoms with van der Waals surface area (Å²) in [6, 6.07) is 12.2. The largest absolute Gasteiger partial charge is 0.465 e. The number of nitrogens with zero attached hydrogens (tertiary/aromatic N) is 3. The summed E-state index contributed by atoms with van der Waals surface area (Å²) in [5.74, 6) is -1.07. The molecule has 0 unspecified atom stereocenters. The lowest BCUT2D eigenvalue weighted by Crippen LogP contribution is -2.43. The number of aliphatic hydroxyl groups is 1. The summed E-state index contributed by atoms with van der Waals surface area (Å²) < 4.78 is 49.2. The lowest BCUT2D eigenvalue weighted by atomic mass is 9.70. The molecule has 3 aromatic rings. The summed E-state index contributed by atoms with van der Waals surface area (Å²) in [5, 5.41) is 14.8. The van der Waals surface area contributed by atoms with E-state index in [1.165, 1.54) is 41.3 Å². The molecule has 1 saturated carbocycles. The molecule has 0 amide bonds. The van der Waals surface area contributed by atoms with Crippen LogP contribution in [0.1, 0.15) is 48.3 Å². The maximum Gasteiger partial charge on any atom is 0.339 e. The Hall–Kier alpha value is -3.34. The number of carbonyl (C=O) groups excluding carboxylic acids is 1. The van der Waals surface area contributed by atoms with Gasteiger partial charge in [0.05, 0.1) is 41.3 Å². The molecule has 2 aliphatic carbocycles. The number of hydrogen-bond donors (Lipinski definition) is 1. The van der Waals surface area contributed by atoms with Crippen LogP contribution >= 0.6 is 0 Å². The van der Waals surface area contributed by atoms with E-state index in [0.717, 1.165) is 29.8 Å². The zero-order valence-corrected chi connectivity index (χ0v) is 23.0. The molecule has 1 fully saturated rings. The molecule has 2 aromatic carbocycles. The molecule has 0 spiro atoms. The van der Waals surface area contributed by atoms with Gasteiger partial charge >= 0.3 is 5.97 Å². The average molecular weight is 554 g/mol. The predicted molar refractivity (Wildman–Crippen MR) is 144 cm³/mol. The molecule has 0 saturated heterocycles. The quantitative estimate of drug-likeness (QED) is 0.419. The number of ether oxygens (including phenoxy) is 1. The van der Waals surface area contributed by atoms with E-state index in [1.807, 2.05) is 10.9 Å². The van der Waals surface area contributed by atoms with Crippen LogP contribution in [0.2, 0.25) is 0 Å². The molecular weight excluding hydrogens is 521 g/mol. The van der Waals surface area contributed by atoms with Gasteiger partial charge in [-0.15, -0.1) is 0 Å². The van der Waals surface area contributed by atoms with Gasteiger partial charge in [0.25, 0.3) is 0 Å². The third-order valence-electron chi connectivity index (χ3n) is 8.02. The summed E-state index contributed by atoms with van der Waals surface area (Å²) in [5.41, 5.74) is 3.63. The van der Waals surface area contributed by atoms with E-state index >= 15 is 0 Å². The highest BCUT2D eigenvalue weighted by Crippen LogP contribution is 2.53. The van der Waals surface area contributed by atoms with Crippen LogP contribution in [0.4, 0.5) is 4.39 Å². The molecule has 1 N–H and O–H groups in total. The Morgan fingerprint density at radius 1 is 1.26 bits per heavy atom. The lowest BCUT2D eigenvalue weighted by Gasteiger charge is -2.38. The Bertz CT molecular complexity index is 1530. The molecular formula is C29H32FN3O5S. The average Bonchev–Trinajstić information content (AvgIpc) is 3.46. The monoisotopic (exact) mass is 553 g/mol. The van der Waals surface area contributed by atoms with E-state index in [4.69, 9.17) is 4.74 Å². The molecule has 39 heavy (non-hydrogen) atoms. The highest BCUT2D eigenvalue weighted by Gasteiger charge is 2.47. The molecule has 0 bridgehead atoms. The Kier molecular flexibility index (Phi) is 7.21. The van der Waals surface area contributed by atoms with Crippen LogP contribution in [-0.2, 0) is 21.2 Å². The van der Waals surface area contributed by atoms with Crippen LogP contribution in [0.3, 0.4) is 0 Å². The number of benzene rings is 2. The number of sulfonamides is 1. The Morgan fingerprint density at radius 3 is 2.67 bits per heavy atom. The smallest absolute Gasteiger partial charge is 0.339 e. The molecule has 0 radical (unpaired) electrons. The molecule has 1 heterocycles. The summed E-state index contributed by atoms with van der Waals surface area (Å²) >= 11 is 0. The summed E-state index contributed by atoms with van der Waals surface area (Å²) in [4.78, 5) is 12.2. The number of methoxy groups -OCH3 is 1. The van der Waals surface area contributed by atoms with Crippen LogP contribution in [0.15, 0.2) is 65.2 Å². The molecule has 8 nitrogen and oxygen atoms in total. The molecule has 2 aliphatic rings. The van der Waals surface area contributed by atoms with Gasteiger partial charge in [-0.05, 0) is 85.6 Å². The van der Waals surface area contributed by atoms with Crippen molar-refractivity contribution in [1.29, 1.82) is 0 Å². The number of carbonyl (C=O) groups is 1. The van der Waals surface area contributed by atoms with E-state index in [-0.39, 0.29) is 40.7 Å². The van der Waals surface area contributed by atoms with Crippen molar-refractivity contribution in [2.45, 2.75) is 44.1 Å². The minimum absolute atomic E-state index is 0.0233. The second-order valence-electron chi connectivity index (χ2n) is 10.6. The normalized spacial score (nSPS) is 21.3. The summed E-state index contributed by atoms with van der Waals surface area (Å²) in [6.07, 6.45) is 5.32. The van der Waals surface area contributed by atoms with Crippen molar-refractivity contribution >= 4 is 22.1 Å². The topological polar surface area (TPSA) is 102 Å². The van der Waals surface area contributed by atoms with Gasteiger partial charge in [-0.25, -0.2) is 22.3 Å². The standard InChI is InChI=1S/C29H32FN3O5S/c1-19(34)17-32(39(36,37)27-7-5-4-6-25(27)28(35)38-3)18-22-9-8-21-14-26-20(15-29(21,22)2)16-31-33(26)24-12-10-23(30)11-13-24/h4-7,10-14,16,19,22,34H,8-9,15,17-18H2,1-3H3/t19-,22+,29-/m0/s1. The third kappa shape index (κ3) is 4.92. The number of fused-ring (bicyclic) bond motifs is 2. The number of aliphatic hydroxyl groups excluding tert-OH is 1. The minimum atomic E-state index is -4.12. The van der Waals surface area contributed by atoms with Crippen LogP contribution in [-0.4, -0.2) is 59.9 Å². The first-order chi connectivity index (χ1) is 18.5. The van der Waals surface area contributed by atoms with Gasteiger partial charge < -0.3 is 9.84 Å². The van der Waals surface area contributed by atoms with Gasteiger partial charge in [-0.3, -0.25) is 0 Å². The van der Waals surface area contributed by atoms with Gasteiger partial charge in [-0.1, -0.05) is 24.6 Å². The van der Waals surface area contributed by atoms with E-state index in [2.05, 4.69) is 18.1 Å². The maximum atomic E-state index is 13.9. The van der Waals surface area contributed by atoms with Crippen LogP contribution in [0, 0.1) is 17.2 Å². The number of hydrogen-bond acceptors (Lipinski definition) is 6. The van der Waals surface area contributed by atoms with Crippen molar-refractivity contribution in [2.24, 2.45) is 11.3 Å². The zero-order chi connectivity index (χ0) is 27.9. The maximum absolute atomic E-state index is 13.9. The van der Waals surface area contributed by atoms with Crippen LogP contribution < -0.4 is 0 Å². The van der Waals surface area contributed by atoms with Gasteiger partial charge in [-0.2, -0.15) is 9.40 Å². The predicted octanol–water partition coefficient (Wildman–Crippen LogP) is 4.23. The minimum Gasteiger partial charge on any atom is -0.465 e. The first-order valence-electron chi connectivity index (χ1n) is 12.9. The van der Waals surface area contributed by atoms with Crippen molar-refractivity contribution in [1.82, 2.24) is 14.1 Å². The Balaban J connectivity index is 1.46. The van der Waals surface area contributed by atoms with Gasteiger partial charge in [0.2, 0.25) is 10.0 Å². The highest BCUT2D eigenvalue weighted by atomic mass is 32.2. The molecule has 5 rings (SSSR count). The SMILES string of the molecule is COC(=O)c1ccccc1S(=O)(=O)N(C[C@H]1CCC2=Cc3c(cnn3-c3ccc(F)cc3)C[C@@]21C)C[C@H](C)O. The molecule has 10 heteroatoms. The number of esters is 1. The number of allylic oxidation sites excluding steroid dienone is 1. The van der Waals surface area contributed by atoms with Crippen LogP contribution in [0.25, 0.3) is 11.8 Å². The summed E-state index contributed by atoms with van der Waals surface area (Å²) in [7, 11) is -2.91. The van der Waals surface area contributed by atoms with Crippen molar-refractivity contribution in [2.75, 3.05) is 20.2 Å². The van der Waals surface area contributed by atoms with Gasteiger partial charge in [0.1, 0.15) is 5.82 Å². The first-order valence-corrected chi connectivity index (χ1v) is 14.4. The Labute approximate surface area is 227 Å². The lowest BCUT2D eigenvalue weighted by molar-refractivity contribution is 0.0596. The fraction of sp³-hybridized carbons (Fsp3) is 0.379. The second kappa shape index (κ2) is 10.3. The number of aromatic nitrogens is 2. The molecule has 3 atom stereocenters. The highest BCUT2D eigenvalue weighted by molar-refractivity contribution is 7.89. The van der Waals surface area contributed by atoms with Gasteiger partial charge in [0.15, 0.2) is 0 Å². The summed E-state index contributed by atoms with van der Waals surface area (Å²) in [6.45, 7) is 3.80. The molecule has 0 aliphatic heterocycles. The van der Waals surface area contributed by atoms with E-state index < -0.39 is 22.1 Å². The molecule has 206 valence electrons. The van der Waals surface area contributed by atoms with E-state index in [1.54, 1.807) is 31.2 Å². The van der Waals surface area contributed by atoms with Crippen LogP contribution in [0.5, 0.6) is 0 Å². The van der Waals surface area contributed by atoms with Crippen molar-refractivity contribution in [3.8, 4) is 5.69 Å².